The first-order valence-corrected chi connectivity index (χ1v) is 7.95. The highest BCUT2D eigenvalue weighted by atomic mass is 16.7. The van der Waals surface area contributed by atoms with E-state index in [4.69, 9.17) is 0 Å². The lowest BCUT2D eigenvalue weighted by molar-refractivity contribution is -0.424. The fraction of sp³-hybridized carbons (Fsp3) is 0. The predicted molar refractivity (Wildman–Crippen MR) is 98.4 cm³/mol. The van der Waals surface area contributed by atoms with Gasteiger partial charge in [0.1, 0.15) is 18.5 Å². The van der Waals surface area contributed by atoms with Gasteiger partial charge in [0.15, 0.2) is 0 Å². The molecule has 3 heterocycles. The number of nitrogens with zero attached hydrogens (tertiary/aromatic N) is 11. The fourth-order valence-corrected chi connectivity index (χ4v) is 2.53. The molecule has 0 amide bonds. The van der Waals surface area contributed by atoms with Crippen LogP contribution in [0.25, 0.3) is 11.6 Å². The summed E-state index contributed by atoms with van der Waals surface area (Å²) in [6.07, 6.45) is 0.716. The van der Waals surface area contributed by atoms with Crippen molar-refractivity contribution in [1.29, 1.82) is 0 Å². The van der Waals surface area contributed by atoms with E-state index in [-0.39, 0.29) is 15.4 Å². The molecular weight excluding hydrogens is 478 g/mol. The summed E-state index contributed by atoms with van der Waals surface area (Å²) in [6, 6.07) is 0.260. The van der Waals surface area contributed by atoms with Gasteiger partial charge in [-0.2, -0.15) is 4.98 Å². The van der Waals surface area contributed by atoms with E-state index < -0.39 is 75.6 Å². The van der Waals surface area contributed by atoms with Crippen LogP contribution in [0.15, 0.2) is 18.5 Å². The molecule has 0 spiro atoms. The van der Waals surface area contributed by atoms with Crippen LogP contribution in [0.1, 0.15) is 0 Å². The maximum Gasteiger partial charge on any atom is 0.468 e. The van der Waals surface area contributed by atoms with Gasteiger partial charge in [-0.1, -0.05) is 0 Å². The Bertz CT molecular complexity index is 1270. The molecule has 3 aromatic rings. The second kappa shape index (κ2) is 7.90. The maximum atomic E-state index is 11.4. The first-order chi connectivity index (χ1) is 15.8. The highest BCUT2D eigenvalue weighted by Gasteiger charge is 2.39. The molecule has 23 nitrogen and oxygen atoms in total. The van der Waals surface area contributed by atoms with E-state index in [0.29, 0.717) is 12.4 Å². The lowest BCUT2D eigenvalue weighted by atomic mass is 10.3. The molecule has 0 aliphatic rings. The van der Waals surface area contributed by atoms with E-state index in [2.05, 4.69) is 15.2 Å². The Morgan fingerprint density at radius 1 is 0.529 bits per heavy atom. The lowest BCUT2D eigenvalue weighted by Gasteiger charge is -2.03. The molecule has 3 aromatic heterocycles. The monoisotopic (exact) mass is 481 g/mol. The van der Waals surface area contributed by atoms with Crippen LogP contribution in [0, 0.1) is 60.7 Å². The van der Waals surface area contributed by atoms with E-state index >= 15 is 0 Å². The zero-order valence-corrected chi connectivity index (χ0v) is 15.6. The summed E-state index contributed by atoms with van der Waals surface area (Å²) in [4.78, 5) is 63.1. The Morgan fingerprint density at radius 3 is 1.09 bits per heavy atom. The highest BCUT2D eigenvalue weighted by molar-refractivity contribution is 5.62. The smallest absolute Gasteiger partial charge is 0.358 e. The van der Waals surface area contributed by atoms with E-state index in [1.807, 2.05) is 0 Å². The fourth-order valence-electron chi connectivity index (χ4n) is 2.53. The van der Waals surface area contributed by atoms with Gasteiger partial charge in [-0.25, -0.2) is 0 Å². The molecule has 0 radical (unpaired) electrons. The summed E-state index contributed by atoms with van der Waals surface area (Å²) in [5, 5.41) is 73.5. The maximum absolute atomic E-state index is 11.4. The van der Waals surface area contributed by atoms with Crippen LogP contribution >= 0.6 is 0 Å². The van der Waals surface area contributed by atoms with Gasteiger partial charge in [-0.3, -0.25) is 40.5 Å². The molecule has 34 heavy (non-hydrogen) atoms. The zero-order chi connectivity index (χ0) is 25.5. The van der Waals surface area contributed by atoms with Crippen molar-refractivity contribution in [2.75, 3.05) is 0 Å². The number of rotatable bonds is 8. The molecule has 0 fully saturated rings. The molecule has 3 rings (SSSR count). The third-order valence-electron chi connectivity index (χ3n) is 3.86. The lowest BCUT2D eigenvalue weighted by Crippen LogP contribution is -2.11. The second-order valence-electron chi connectivity index (χ2n) is 5.78. The Morgan fingerprint density at radius 2 is 0.853 bits per heavy atom. The summed E-state index contributed by atoms with van der Waals surface area (Å²) in [6.45, 7) is 0. The van der Waals surface area contributed by atoms with Gasteiger partial charge in [-0.15, -0.1) is 9.36 Å². The normalized spacial score (nSPS) is 10.6. The number of aromatic nitrogens is 5. The average molecular weight is 481 g/mol. The minimum atomic E-state index is -1.36. The number of nitro groups is 6. The van der Waals surface area contributed by atoms with Gasteiger partial charge in [0.25, 0.3) is 11.6 Å². The van der Waals surface area contributed by atoms with Gasteiger partial charge in [0, 0.05) is 0 Å². The van der Waals surface area contributed by atoms with Crippen LogP contribution in [-0.2, 0) is 0 Å². The van der Waals surface area contributed by atoms with E-state index in [0.717, 1.165) is 0 Å². The van der Waals surface area contributed by atoms with E-state index in [1.165, 1.54) is 0 Å². The molecule has 0 saturated carbocycles. The first-order valence-electron chi connectivity index (χ1n) is 7.95. The van der Waals surface area contributed by atoms with Crippen molar-refractivity contribution < 1.29 is 29.5 Å². The van der Waals surface area contributed by atoms with Crippen LogP contribution in [0.3, 0.4) is 0 Å². The molecule has 0 bridgehead atoms. The molecule has 0 aromatic carbocycles. The Balaban J connectivity index is 2.40. The number of hydrogen-bond donors (Lipinski definition) is 0. The zero-order valence-electron chi connectivity index (χ0n) is 15.6. The first kappa shape index (κ1) is 22.7. The molecule has 23 heteroatoms. The third-order valence-corrected chi connectivity index (χ3v) is 3.86. The molecular formula is C11H3N11O12. The largest absolute Gasteiger partial charge is 0.468 e. The second-order valence-corrected chi connectivity index (χ2v) is 5.78. The average Bonchev–Trinajstić information content (AvgIpc) is 3.38. The van der Waals surface area contributed by atoms with Crippen LogP contribution in [0.2, 0.25) is 0 Å². The van der Waals surface area contributed by atoms with Crippen molar-refractivity contribution in [1.82, 2.24) is 24.5 Å². The van der Waals surface area contributed by atoms with Crippen molar-refractivity contribution in [3.63, 3.8) is 0 Å². The van der Waals surface area contributed by atoms with Crippen LogP contribution < -0.4 is 0 Å². The Labute approximate surface area is 180 Å². The Kier molecular flexibility index (Phi) is 5.27. The summed E-state index contributed by atoms with van der Waals surface area (Å²) in [5.41, 5.74) is -4.85. The molecule has 0 atom stereocenters. The quantitative estimate of drug-likeness (QED) is 0.318. The van der Waals surface area contributed by atoms with Gasteiger partial charge >= 0.3 is 34.4 Å². The van der Waals surface area contributed by atoms with Crippen molar-refractivity contribution >= 4 is 34.4 Å². The van der Waals surface area contributed by atoms with Gasteiger partial charge in [0.2, 0.25) is 0 Å². The van der Waals surface area contributed by atoms with Gasteiger partial charge < -0.3 is 20.2 Å². The number of pyridine rings is 1. The summed E-state index contributed by atoms with van der Waals surface area (Å²) in [7, 11) is 0. The van der Waals surface area contributed by atoms with E-state index in [1.54, 1.807) is 0 Å². The minimum Gasteiger partial charge on any atom is -0.358 e. The molecule has 0 aliphatic heterocycles. The third kappa shape index (κ3) is 3.72. The molecule has 0 saturated heterocycles. The van der Waals surface area contributed by atoms with Crippen LogP contribution in [0.4, 0.5) is 34.4 Å². The van der Waals surface area contributed by atoms with Crippen molar-refractivity contribution in [2.45, 2.75) is 0 Å². The highest BCUT2D eigenvalue weighted by Crippen LogP contribution is 2.35. The van der Waals surface area contributed by atoms with Gasteiger partial charge in [-0.05, 0) is 9.85 Å². The van der Waals surface area contributed by atoms with Crippen LogP contribution in [-0.4, -0.2) is 54.1 Å². The standard InChI is InChI=1S/C11H3N11O12/c23-17(24)4-1-5(18(25)26)9(16-3-7(20(29)30)11(14-16)22(33)34)12-8(4)15-2-6(19(27)28)10(13-15)21(31)32/h1-3H. The SMILES string of the molecule is O=[N+]([O-])c1cc([N+](=O)[O-])c(-n2cc([N+](=O)[O-])c([N+](=O)[O-])n2)nc1-n1cc([N+](=O)[O-])c([N+](=O)[O-])n1. The topological polar surface area (TPSA) is 307 Å². The number of hydrogen-bond acceptors (Lipinski definition) is 15. The van der Waals surface area contributed by atoms with Crippen molar-refractivity contribution in [3.8, 4) is 11.6 Å². The predicted octanol–water partition coefficient (Wildman–Crippen LogP) is 0.902. The summed E-state index contributed by atoms with van der Waals surface area (Å²) >= 11 is 0. The van der Waals surface area contributed by atoms with E-state index in [9.17, 15) is 60.7 Å². The van der Waals surface area contributed by atoms with Crippen molar-refractivity contribution in [2.24, 2.45) is 0 Å². The Hall–Kier alpha value is -6.03. The molecule has 0 N–H and O–H groups in total. The summed E-state index contributed by atoms with van der Waals surface area (Å²) < 4.78 is 0.405. The summed E-state index contributed by atoms with van der Waals surface area (Å²) in [5.74, 6) is -4.79. The molecule has 0 aliphatic carbocycles. The molecule has 0 unspecified atom stereocenters. The minimum absolute atomic E-state index is 0.202. The van der Waals surface area contributed by atoms with Gasteiger partial charge in [0.05, 0.1) is 29.9 Å². The van der Waals surface area contributed by atoms with Crippen molar-refractivity contribution in [3.05, 3.63) is 79.1 Å². The van der Waals surface area contributed by atoms with Crippen LogP contribution in [0.5, 0.6) is 0 Å². The molecule has 174 valence electrons.